The lowest BCUT2D eigenvalue weighted by Gasteiger charge is -1.81. The third kappa shape index (κ3) is 0.918. The number of carbonyl (C=O) groups is 1. The molecule has 2 rings (SSSR count). The molecule has 0 saturated heterocycles. The molecule has 0 aliphatic carbocycles. The van der Waals surface area contributed by atoms with Gasteiger partial charge in [-0.15, -0.1) is 5.10 Å². The smallest absolute Gasteiger partial charge is 0.371 e. The first-order chi connectivity index (χ1) is 5.68. The van der Waals surface area contributed by atoms with Crippen LogP contribution in [0.2, 0.25) is 0 Å². The Hall–Kier alpha value is -1.30. The van der Waals surface area contributed by atoms with E-state index in [9.17, 15) is 4.79 Å². The van der Waals surface area contributed by atoms with Crippen LogP contribution < -0.4 is 0 Å². The summed E-state index contributed by atoms with van der Waals surface area (Å²) in [4.78, 5) is 10.4. The average Bonchev–Trinajstić information content (AvgIpc) is 2.53. The van der Waals surface area contributed by atoms with E-state index in [-0.39, 0.29) is 5.76 Å². The Bertz CT molecular complexity index is 445. The first-order valence-electron chi connectivity index (χ1n) is 3.05. The Labute approximate surface area is 74.5 Å². The second kappa shape index (κ2) is 2.34. The minimum Gasteiger partial charge on any atom is -0.475 e. The number of carboxylic acid groups (broad SMARTS) is 1. The number of rotatable bonds is 1. The zero-order chi connectivity index (χ0) is 8.72. The maximum Gasteiger partial charge on any atom is 0.371 e. The van der Waals surface area contributed by atoms with Crippen molar-refractivity contribution in [1.29, 1.82) is 0 Å². The zero-order valence-electron chi connectivity index (χ0n) is 5.67. The summed E-state index contributed by atoms with van der Waals surface area (Å²) in [7, 11) is 0. The number of furan rings is 1. The van der Waals surface area contributed by atoms with Gasteiger partial charge in [-0.1, -0.05) is 0 Å². The predicted octanol–water partition coefficient (Wildman–Crippen LogP) is 1.62. The first-order valence-corrected chi connectivity index (χ1v) is 3.84. The highest BCUT2D eigenvalue weighted by atomic mass is 79.9. The standard InChI is InChI=1S/C6H3BrN2O3/c7-4-2-1-3(6(10)11)12-5(2)9-8-4/h1H,(H,8,9)(H,10,11). The number of nitrogens with one attached hydrogen (secondary N) is 1. The van der Waals surface area contributed by atoms with Gasteiger partial charge in [0.15, 0.2) is 0 Å². The van der Waals surface area contributed by atoms with Gasteiger partial charge < -0.3 is 9.52 Å². The number of H-pyrrole nitrogens is 1. The molecule has 0 spiro atoms. The van der Waals surface area contributed by atoms with Crippen molar-refractivity contribution in [2.45, 2.75) is 0 Å². The Morgan fingerprint density at radius 1 is 1.75 bits per heavy atom. The van der Waals surface area contributed by atoms with Gasteiger partial charge >= 0.3 is 5.97 Å². The zero-order valence-corrected chi connectivity index (χ0v) is 7.25. The summed E-state index contributed by atoms with van der Waals surface area (Å²) >= 11 is 3.16. The van der Waals surface area contributed by atoms with E-state index >= 15 is 0 Å². The molecule has 5 nitrogen and oxygen atoms in total. The molecule has 2 N–H and O–H groups in total. The number of aromatic carboxylic acids is 1. The molecule has 2 heterocycles. The van der Waals surface area contributed by atoms with Crippen LogP contribution in [0.15, 0.2) is 15.1 Å². The summed E-state index contributed by atoms with van der Waals surface area (Å²) in [6, 6.07) is 1.41. The van der Waals surface area contributed by atoms with E-state index < -0.39 is 5.97 Å². The van der Waals surface area contributed by atoms with Gasteiger partial charge in [0.2, 0.25) is 11.5 Å². The molecule has 0 amide bonds. The Balaban J connectivity index is 2.70. The molecule has 2 aromatic rings. The van der Waals surface area contributed by atoms with E-state index in [4.69, 9.17) is 9.52 Å². The quantitative estimate of drug-likeness (QED) is 0.781. The molecule has 0 aliphatic heterocycles. The van der Waals surface area contributed by atoms with Crippen LogP contribution in [0.1, 0.15) is 10.6 Å². The number of aromatic amines is 1. The highest BCUT2D eigenvalue weighted by Crippen LogP contribution is 2.23. The monoisotopic (exact) mass is 230 g/mol. The molecule has 0 aromatic carbocycles. The Morgan fingerprint density at radius 2 is 2.50 bits per heavy atom. The molecule has 0 saturated carbocycles. The molecule has 0 atom stereocenters. The molecule has 0 unspecified atom stereocenters. The van der Waals surface area contributed by atoms with Crippen molar-refractivity contribution in [3.05, 3.63) is 16.4 Å². The van der Waals surface area contributed by atoms with Crippen molar-refractivity contribution in [2.24, 2.45) is 0 Å². The number of fused-ring (bicyclic) bond motifs is 1. The minimum absolute atomic E-state index is 0.109. The SMILES string of the molecule is O=C(O)c1cc2c(Br)[nH]nc2o1. The van der Waals surface area contributed by atoms with Gasteiger partial charge in [0, 0.05) is 6.07 Å². The van der Waals surface area contributed by atoms with E-state index in [0.29, 0.717) is 15.7 Å². The van der Waals surface area contributed by atoms with Crippen molar-refractivity contribution >= 4 is 33.0 Å². The molecule has 0 fully saturated rings. The van der Waals surface area contributed by atoms with Gasteiger partial charge in [0.25, 0.3) is 0 Å². The minimum atomic E-state index is -1.10. The lowest BCUT2D eigenvalue weighted by molar-refractivity contribution is 0.0664. The lowest BCUT2D eigenvalue weighted by atomic mass is 10.4. The third-order valence-electron chi connectivity index (χ3n) is 1.42. The fourth-order valence-corrected chi connectivity index (χ4v) is 1.26. The Kier molecular flexibility index (Phi) is 1.44. The number of nitrogens with zero attached hydrogens (tertiary/aromatic N) is 1. The second-order valence-corrected chi connectivity index (χ2v) is 2.97. The first kappa shape index (κ1) is 7.35. The van der Waals surface area contributed by atoms with Crippen LogP contribution in [0.5, 0.6) is 0 Å². The Morgan fingerprint density at radius 3 is 3.08 bits per heavy atom. The highest BCUT2D eigenvalue weighted by molar-refractivity contribution is 9.10. The van der Waals surface area contributed by atoms with Crippen LogP contribution in [-0.4, -0.2) is 21.3 Å². The van der Waals surface area contributed by atoms with Crippen LogP contribution in [0.4, 0.5) is 0 Å². The second-order valence-electron chi connectivity index (χ2n) is 2.17. The van der Waals surface area contributed by atoms with Gasteiger partial charge in [0.05, 0.1) is 5.39 Å². The summed E-state index contributed by atoms with van der Waals surface area (Å²) in [5.41, 5.74) is 0.291. The van der Waals surface area contributed by atoms with Crippen LogP contribution in [0.25, 0.3) is 11.1 Å². The van der Waals surface area contributed by atoms with Crippen LogP contribution >= 0.6 is 15.9 Å². The summed E-state index contributed by atoms with van der Waals surface area (Å²) < 4.78 is 5.50. The van der Waals surface area contributed by atoms with Crippen molar-refractivity contribution in [3.63, 3.8) is 0 Å². The molecular weight excluding hydrogens is 228 g/mol. The van der Waals surface area contributed by atoms with Gasteiger partial charge in [-0.05, 0) is 15.9 Å². The molecule has 6 heteroatoms. The average molecular weight is 231 g/mol. The van der Waals surface area contributed by atoms with E-state index in [0.717, 1.165) is 0 Å². The van der Waals surface area contributed by atoms with Crippen molar-refractivity contribution in [3.8, 4) is 0 Å². The number of aromatic nitrogens is 2. The predicted molar refractivity (Wildman–Crippen MR) is 43.0 cm³/mol. The van der Waals surface area contributed by atoms with Crippen LogP contribution in [-0.2, 0) is 0 Å². The molecule has 62 valence electrons. The number of carboxylic acids is 1. The largest absolute Gasteiger partial charge is 0.475 e. The van der Waals surface area contributed by atoms with Crippen molar-refractivity contribution < 1.29 is 14.3 Å². The topological polar surface area (TPSA) is 79.1 Å². The van der Waals surface area contributed by atoms with Crippen molar-refractivity contribution in [2.75, 3.05) is 0 Å². The molecule has 12 heavy (non-hydrogen) atoms. The summed E-state index contributed by atoms with van der Waals surface area (Å²) in [5.74, 6) is -1.21. The molecule has 0 bridgehead atoms. The van der Waals surface area contributed by atoms with Gasteiger partial charge in [0.1, 0.15) is 4.60 Å². The van der Waals surface area contributed by atoms with Crippen LogP contribution in [0.3, 0.4) is 0 Å². The number of halogens is 1. The van der Waals surface area contributed by atoms with Crippen molar-refractivity contribution in [1.82, 2.24) is 10.2 Å². The van der Waals surface area contributed by atoms with Gasteiger partial charge in [-0.25, -0.2) is 4.79 Å². The maximum absolute atomic E-state index is 10.4. The lowest BCUT2D eigenvalue weighted by Crippen LogP contribution is -1.91. The molecular formula is C6H3BrN2O3. The van der Waals surface area contributed by atoms with E-state index in [2.05, 4.69) is 26.1 Å². The summed E-state index contributed by atoms with van der Waals surface area (Å²) in [6.07, 6.45) is 0. The van der Waals surface area contributed by atoms with Gasteiger partial charge in [-0.2, -0.15) is 0 Å². The molecule has 0 aliphatic rings. The fraction of sp³-hybridized carbons (Fsp3) is 0. The molecule has 0 radical (unpaired) electrons. The normalized spacial score (nSPS) is 10.8. The van der Waals surface area contributed by atoms with Crippen LogP contribution in [0, 0.1) is 0 Å². The highest BCUT2D eigenvalue weighted by Gasteiger charge is 2.14. The number of hydrogen-bond acceptors (Lipinski definition) is 3. The van der Waals surface area contributed by atoms with E-state index in [1.54, 1.807) is 0 Å². The number of hydrogen-bond donors (Lipinski definition) is 2. The van der Waals surface area contributed by atoms with E-state index in [1.807, 2.05) is 0 Å². The third-order valence-corrected chi connectivity index (χ3v) is 2.02. The maximum atomic E-state index is 10.4. The molecule has 2 aromatic heterocycles. The van der Waals surface area contributed by atoms with E-state index in [1.165, 1.54) is 6.07 Å². The fourth-order valence-electron chi connectivity index (χ4n) is 0.887. The summed E-state index contributed by atoms with van der Waals surface area (Å²) in [5, 5.41) is 15.5. The van der Waals surface area contributed by atoms with Gasteiger partial charge in [-0.3, -0.25) is 5.10 Å². The summed E-state index contributed by atoms with van der Waals surface area (Å²) in [6.45, 7) is 0.